The minimum atomic E-state index is -0.997. The summed E-state index contributed by atoms with van der Waals surface area (Å²) in [5.74, 6) is -1.08. The molecular weight excluding hydrogens is 356 g/mol. The lowest BCUT2D eigenvalue weighted by Gasteiger charge is -2.16. The number of ether oxygens (including phenoxy) is 1. The lowest BCUT2D eigenvalue weighted by atomic mass is 10.1. The molecule has 1 aliphatic heterocycles. The van der Waals surface area contributed by atoms with Gasteiger partial charge in [-0.3, -0.25) is 4.79 Å². The van der Waals surface area contributed by atoms with Crippen LogP contribution in [0.2, 0.25) is 0 Å². The third kappa shape index (κ3) is 3.25. The molecule has 138 valence electrons. The molecule has 1 amide bonds. The minimum Gasteiger partial charge on any atom is -0.497 e. The van der Waals surface area contributed by atoms with Gasteiger partial charge in [-0.05, 0) is 30.3 Å². The van der Waals surface area contributed by atoms with Gasteiger partial charge in [-0.1, -0.05) is 11.2 Å². The maximum atomic E-state index is 13.5. The Hall–Kier alpha value is -3.29. The molecule has 8 heteroatoms. The number of hydrogen-bond donors (Lipinski definition) is 0. The molecule has 0 bridgehead atoms. The molecule has 1 atom stereocenters. The van der Waals surface area contributed by atoms with Gasteiger partial charge in [0.2, 0.25) is 5.91 Å². The Morgan fingerprint density at radius 2 is 2.04 bits per heavy atom. The van der Waals surface area contributed by atoms with Crippen molar-refractivity contribution in [2.75, 3.05) is 18.6 Å². The summed E-state index contributed by atoms with van der Waals surface area (Å²) in [5, 5.41) is 3.98. The number of anilines is 1. The van der Waals surface area contributed by atoms with Crippen LogP contribution >= 0.6 is 0 Å². The largest absolute Gasteiger partial charge is 0.497 e. The fraction of sp³-hybridized carbons (Fsp3) is 0.211. The predicted octanol–water partition coefficient (Wildman–Crippen LogP) is 3.54. The number of carbonyl (C=O) groups excluding carboxylic acids is 1. The molecule has 0 aliphatic carbocycles. The number of benzene rings is 2. The van der Waals surface area contributed by atoms with Gasteiger partial charge in [0.25, 0.3) is 5.89 Å². The molecule has 27 heavy (non-hydrogen) atoms. The van der Waals surface area contributed by atoms with Crippen LogP contribution in [0.5, 0.6) is 5.75 Å². The Morgan fingerprint density at radius 3 is 2.81 bits per heavy atom. The maximum Gasteiger partial charge on any atom is 0.258 e. The summed E-state index contributed by atoms with van der Waals surface area (Å²) in [6.07, 6.45) is 0.163. The van der Waals surface area contributed by atoms with Crippen molar-refractivity contribution < 1.29 is 22.8 Å². The van der Waals surface area contributed by atoms with E-state index in [0.717, 1.165) is 12.1 Å². The predicted molar refractivity (Wildman–Crippen MR) is 92.4 cm³/mol. The van der Waals surface area contributed by atoms with Gasteiger partial charge in [0.15, 0.2) is 17.5 Å². The number of nitrogens with zero attached hydrogens (tertiary/aromatic N) is 3. The van der Waals surface area contributed by atoms with E-state index in [2.05, 4.69) is 10.1 Å². The highest BCUT2D eigenvalue weighted by molar-refractivity contribution is 5.96. The van der Waals surface area contributed by atoms with Gasteiger partial charge in [0, 0.05) is 36.2 Å². The van der Waals surface area contributed by atoms with E-state index < -0.39 is 11.6 Å². The summed E-state index contributed by atoms with van der Waals surface area (Å²) in [6, 6.07) is 10.6. The van der Waals surface area contributed by atoms with Gasteiger partial charge in [-0.15, -0.1) is 0 Å². The van der Waals surface area contributed by atoms with Crippen LogP contribution in [0.15, 0.2) is 47.0 Å². The Kier molecular flexibility index (Phi) is 4.31. The quantitative estimate of drug-likeness (QED) is 0.702. The molecule has 2 aromatic carbocycles. The Balaban J connectivity index is 1.55. The Labute approximate surface area is 153 Å². The van der Waals surface area contributed by atoms with Crippen LogP contribution in [0.1, 0.15) is 18.2 Å². The first kappa shape index (κ1) is 17.1. The minimum absolute atomic E-state index is 0.163. The van der Waals surface area contributed by atoms with E-state index in [1.54, 1.807) is 19.2 Å². The van der Waals surface area contributed by atoms with Crippen molar-refractivity contribution in [2.24, 2.45) is 0 Å². The van der Waals surface area contributed by atoms with E-state index >= 15 is 0 Å². The van der Waals surface area contributed by atoms with Crippen molar-refractivity contribution >= 4 is 11.6 Å². The highest BCUT2D eigenvalue weighted by atomic mass is 19.2. The van der Waals surface area contributed by atoms with Crippen molar-refractivity contribution in [3.05, 3.63) is 59.9 Å². The first-order valence-electron chi connectivity index (χ1n) is 8.28. The second-order valence-electron chi connectivity index (χ2n) is 6.19. The fourth-order valence-electron chi connectivity index (χ4n) is 3.06. The van der Waals surface area contributed by atoms with E-state index in [9.17, 15) is 13.6 Å². The maximum absolute atomic E-state index is 13.5. The van der Waals surface area contributed by atoms with Crippen molar-refractivity contribution in [1.29, 1.82) is 0 Å². The highest BCUT2D eigenvalue weighted by Gasteiger charge is 2.35. The van der Waals surface area contributed by atoms with Crippen molar-refractivity contribution in [3.63, 3.8) is 0 Å². The standard InChI is InChI=1S/C19H15F2N3O3/c1-26-14-4-2-3-11(7-14)19-22-18(23-27-19)12-8-17(25)24(10-12)13-5-6-15(20)16(21)9-13/h2-7,9,12H,8,10H2,1H3. The Bertz CT molecular complexity index is 1010. The zero-order valence-corrected chi connectivity index (χ0v) is 14.4. The smallest absolute Gasteiger partial charge is 0.258 e. The molecule has 1 aliphatic rings. The van der Waals surface area contributed by atoms with Crippen LogP contribution in [-0.2, 0) is 4.79 Å². The summed E-state index contributed by atoms with van der Waals surface area (Å²) in [5.41, 5.74) is 1.01. The van der Waals surface area contributed by atoms with E-state index in [4.69, 9.17) is 9.26 Å². The molecule has 0 spiro atoms. The molecule has 6 nitrogen and oxygen atoms in total. The van der Waals surface area contributed by atoms with Crippen molar-refractivity contribution in [3.8, 4) is 17.2 Å². The lowest BCUT2D eigenvalue weighted by Crippen LogP contribution is -2.24. The monoisotopic (exact) mass is 371 g/mol. The fourth-order valence-corrected chi connectivity index (χ4v) is 3.06. The number of carbonyl (C=O) groups is 1. The molecule has 0 saturated carbocycles. The molecule has 1 unspecified atom stereocenters. The number of aromatic nitrogens is 2. The van der Waals surface area contributed by atoms with E-state index in [1.165, 1.54) is 11.0 Å². The van der Waals surface area contributed by atoms with E-state index in [1.807, 2.05) is 12.1 Å². The zero-order chi connectivity index (χ0) is 19.0. The number of rotatable bonds is 4. The van der Waals surface area contributed by atoms with Crippen LogP contribution < -0.4 is 9.64 Å². The highest BCUT2D eigenvalue weighted by Crippen LogP contribution is 2.32. The molecule has 0 radical (unpaired) electrons. The van der Waals surface area contributed by atoms with Gasteiger partial charge in [-0.25, -0.2) is 8.78 Å². The molecule has 4 rings (SSSR count). The Morgan fingerprint density at radius 1 is 1.19 bits per heavy atom. The summed E-state index contributed by atoms with van der Waals surface area (Å²) in [4.78, 5) is 18.1. The second-order valence-corrected chi connectivity index (χ2v) is 6.19. The van der Waals surface area contributed by atoms with Crippen LogP contribution in [0.25, 0.3) is 11.5 Å². The number of halogens is 2. The summed E-state index contributed by atoms with van der Waals surface area (Å²) < 4.78 is 37.1. The number of methoxy groups -OCH3 is 1. The lowest BCUT2D eigenvalue weighted by molar-refractivity contribution is -0.117. The molecule has 2 heterocycles. The summed E-state index contributed by atoms with van der Waals surface area (Å²) in [6.45, 7) is 0.265. The molecule has 3 aromatic rings. The van der Waals surface area contributed by atoms with Gasteiger partial charge in [-0.2, -0.15) is 4.98 Å². The van der Waals surface area contributed by atoms with Crippen LogP contribution in [-0.4, -0.2) is 29.7 Å². The van der Waals surface area contributed by atoms with Crippen LogP contribution in [0.4, 0.5) is 14.5 Å². The van der Waals surface area contributed by atoms with Gasteiger partial charge >= 0.3 is 0 Å². The van der Waals surface area contributed by atoms with E-state index in [0.29, 0.717) is 28.7 Å². The second kappa shape index (κ2) is 6.79. The number of amides is 1. The van der Waals surface area contributed by atoms with E-state index in [-0.39, 0.29) is 24.8 Å². The third-order valence-electron chi connectivity index (χ3n) is 4.46. The van der Waals surface area contributed by atoms with Crippen LogP contribution in [0, 0.1) is 11.6 Å². The SMILES string of the molecule is COc1cccc(-c2nc(C3CC(=O)N(c4ccc(F)c(F)c4)C3)no2)c1. The normalized spacial score (nSPS) is 16.8. The number of hydrogen-bond acceptors (Lipinski definition) is 5. The first-order chi connectivity index (χ1) is 13.0. The molecular formula is C19H15F2N3O3. The zero-order valence-electron chi connectivity index (χ0n) is 14.4. The topological polar surface area (TPSA) is 68.5 Å². The van der Waals surface area contributed by atoms with Crippen molar-refractivity contribution in [2.45, 2.75) is 12.3 Å². The van der Waals surface area contributed by atoms with Crippen LogP contribution in [0.3, 0.4) is 0 Å². The van der Waals surface area contributed by atoms with Gasteiger partial charge in [0.1, 0.15) is 5.75 Å². The average Bonchev–Trinajstić information content (AvgIpc) is 3.31. The molecule has 1 saturated heterocycles. The molecule has 1 aromatic heterocycles. The summed E-state index contributed by atoms with van der Waals surface area (Å²) in [7, 11) is 1.56. The third-order valence-corrected chi connectivity index (χ3v) is 4.46. The van der Waals surface area contributed by atoms with Crippen molar-refractivity contribution in [1.82, 2.24) is 10.1 Å². The van der Waals surface area contributed by atoms with Gasteiger partial charge < -0.3 is 14.2 Å². The van der Waals surface area contributed by atoms with Gasteiger partial charge in [0.05, 0.1) is 7.11 Å². The summed E-state index contributed by atoms with van der Waals surface area (Å²) >= 11 is 0. The molecule has 0 N–H and O–H groups in total. The first-order valence-corrected chi connectivity index (χ1v) is 8.28. The average molecular weight is 371 g/mol. The molecule has 1 fully saturated rings.